The van der Waals surface area contributed by atoms with Gasteiger partial charge in [0, 0.05) is 6.61 Å². The molecule has 0 bridgehead atoms. The maximum absolute atomic E-state index is 6.10. The molecule has 2 heteroatoms. The van der Waals surface area contributed by atoms with Crippen LogP contribution in [0.25, 0.3) is 0 Å². The average Bonchev–Trinajstić information content (AvgIpc) is 2.38. The molecule has 0 N–H and O–H groups in total. The Morgan fingerprint density at radius 3 is 2.32 bits per heavy atom. The zero-order valence-corrected chi connectivity index (χ0v) is 13.4. The van der Waals surface area contributed by atoms with Gasteiger partial charge in [-0.25, -0.2) is 0 Å². The Labute approximate surface area is 120 Å². The largest absolute Gasteiger partial charge is 0.353 e. The summed E-state index contributed by atoms with van der Waals surface area (Å²) >= 11 is 0. The van der Waals surface area contributed by atoms with Gasteiger partial charge in [0.25, 0.3) is 0 Å². The van der Waals surface area contributed by atoms with Crippen molar-refractivity contribution in [3.63, 3.8) is 0 Å². The summed E-state index contributed by atoms with van der Waals surface area (Å²) in [6.07, 6.45) is 14.3. The van der Waals surface area contributed by atoms with Crippen LogP contribution in [-0.4, -0.2) is 18.5 Å². The third-order valence-corrected chi connectivity index (χ3v) is 3.97. The molecule has 0 aromatic rings. The van der Waals surface area contributed by atoms with E-state index in [-0.39, 0.29) is 11.9 Å². The summed E-state index contributed by atoms with van der Waals surface area (Å²) in [7, 11) is 0. The molecule has 114 valence electrons. The highest BCUT2D eigenvalue weighted by atomic mass is 16.7. The van der Waals surface area contributed by atoms with E-state index in [2.05, 4.69) is 20.8 Å². The molecule has 1 atom stereocenters. The van der Waals surface area contributed by atoms with Crippen LogP contribution in [0.15, 0.2) is 0 Å². The second-order valence-electron chi connectivity index (χ2n) is 6.54. The Morgan fingerprint density at radius 1 is 1.00 bits per heavy atom. The van der Waals surface area contributed by atoms with E-state index >= 15 is 0 Å². The van der Waals surface area contributed by atoms with Crippen LogP contribution in [0.5, 0.6) is 0 Å². The average molecular weight is 270 g/mol. The molecule has 0 amide bonds. The fourth-order valence-electron chi connectivity index (χ4n) is 2.73. The van der Waals surface area contributed by atoms with Crippen LogP contribution >= 0.6 is 0 Å². The number of hydrogen-bond acceptors (Lipinski definition) is 2. The summed E-state index contributed by atoms with van der Waals surface area (Å²) in [6, 6.07) is 0. The topological polar surface area (TPSA) is 18.5 Å². The Bertz CT molecular complexity index is 207. The minimum absolute atomic E-state index is 0.0224. The first-order valence-corrected chi connectivity index (χ1v) is 8.43. The molecule has 0 spiro atoms. The first-order chi connectivity index (χ1) is 9.14. The molecule has 1 heterocycles. The van der Waals surface area contributed by atoms with Crippen molar-refractivity contribution in [1.82, 2.24) is 0 Å². The van der Waals surface area contributed by atoms with Crippen LogP contribution in [0.2, 0.25) is 0 Å². The van der Waals surface area contributed by atoms with Crippen molar-refractivity contribution in [2.24, 2.45) is 0 Å². The Kier molecular flexibility index (Phi) is 8.72. The minimum atomic E-state index is -0.0224. The van der Waals surface area contributed by atoms with Crippen LogP contribution in [0.1, 0.15) is 91.4 Å². The Hall–Kier alpha value is -0.0800. The molecule has 0 saturated carbocycles. The van der Waals surface area contributed by atoms with Gasteiger partial charge in [0.2, 0.25) is 0 Å². The molecule has 1 aliphatic rings. The second-order valence-corrected chi connectivity index (χ2v) is 6.54. The van der Waals surface area contributed by atoms with Crippen molar-refractivity contribution in [3.8, 4) is 0 Å². The molecular formula is C17H34O2. The van der Waals surface area contributed by atoms with E-state index in [0.717, 1.165) is 19.4 Å². The van der Waals surface area contributed by atoms with Gasteiger partial charge in [-0.2, -0.15) is 0 Å². The van der Waals surface area contributed by atoms with Gasteiger partial charge in [-0.3, -0.25) is 0 Å². The highest BCUT2D eigenvalue weighted by Gasteiger charge is 2.25. The minimum Gasteiger partial charge on any atom is -0.353 e. The first kappa shape index (κ1) is 17.0. The van der Waals surface area contributed by atoms with Gasteiger partial charge in [0.15, 0.2) is 6.29 Å². The van der Waals surface area contributed by atoms with E-state index in [4.69, 9.17) is 9.47 Å². The van der Waals surface area contributed by atoms with E-state index in [0.29, 0.717) is 0 Å². The molecule has 0 radical (unpaired) electrons. The SMILES string of the molecule is CCCCCCCCCC(C)(C)OC1CCCCO1. The summed E-state index contributed by atoms with van der Waals surface area (Å²) in [4.78, 5) is 0. The van der Waals surface area contributed by atoms with Gasteiger partial charge in [-0.15, -0.1) is 0 Å². The van der Waals surface area contributed by atoms with E-state index in [1.165, 1.54) is 57.8 Å². The lowest BCUT2D eigenvalue weighted by Crippen LogP contribution is -2.34. The van der Waals surface area contributed by atoms with Crippen LogP contribution in [0, 0.1) is 0 Å². The smallest absolute Gasteiger partial charge is 0.158 e. The van der Waals surface area contributed by atoms with Crippen LogP contribution in [0.4, 0.5) is 0 Å². The number of hydrogen-bond donors (Lipinski definition) is 0. The Balaban J connectivity index is 2.02. The van der Waals surface area contributed by atoms with Crippen molar-refractivity contribution in [3.05, 3.63) is 0 Å². The number of ether oxygens (including phenoxy) is 2. The van der Waals surface area contributed by atoms with E-state index < -0.39 is 0 Å². The van der Waals surface area contributed by atoms with Crippen molar-refractivity contribution in [1.29, 1.82) is 0 Å². The second kappa shape index (κ2) is 9.77. The molecule has 1 fully saturated rings. The third-order valence-electron chi connectivity index (χ3n) is 3.97. The summed E-state index contributed by atoms with van der Waals surface area (Å²) in [5.74, 6) is 0. The highest BCUT2D eigenvalue weighted by molar-refractivity contribution is 4.70. The van der Waals surface area contributed by atoms with Gasteiger partial charge in [-0.1, -0.05) is 51.9 Å². The van der Waals surface area contributed by atoms with Crippen LogP contribution < -0.4 is 0 Å². The lowest BCUT2D eigenvalue weighted by molar-refractivity contribution is -0.217. The number of rotatable bonds is 10. The van der Waals surface area contributed by atoms with Gasteiger partial charge in [0.05, 0.1) is 5.60 Å². The molecule has 19 heavy (non-hydrogen) atoms. The number of unbranched alkanes of at least 4 members (excludes halogenated alkanes) is 6. The third kappa shape index (κ3) is 8.65. The molecule has 0 aromatic heterocycles. The normalized spacial score (nSPS) is 20.7. The first-order valence-electron chi connectivity index (χ1n) is 8.43. The molecule has 1 rings (SSSR count). The summed E-state index contributed by atoms with van der Waals surface area (Å²) in [5.41, 5.74) is -0.0224. The molecule has 0 aromatic carbocycles. The lowest BCUT2D eigenvalue weighted by atomic mass is 9.99. The van der Waals surface area contributed by atoms with Crippen LogP contribution in [0.3, 0.4) is 0 Å². The summed E-state index contributed by atoms with van der Waals surface area (Å²) in [6.45, 7) is 7.56. The zero-order chi connectivity index (χ0) is 14.0. The summed E-state index contributed by atoms with van der Waals surface area (Å²) in [5, 5.41) is 0. The molecule has 2 nitrogen and oxygen atoms in total. The lowest BCUT2D eigenvalue weighted by Gasteiger charge is -2.32. The summed E-state index contributed by atoms with van der Waals surface area (Å²) < 4.78 is 11.8. The standard InChI is InChI=1S/C17H34O2/c1-4-5-6-7-8-9-11-14-17(2,3)19-16-13-10-12-15-18-16/h16H,4-15H2,1-3H3. The van der Waals surface area contributed by atoms with E-state index in [9.17, 15) is 0 Å². The van der Waals surface area contributed by atoms with Crippen LogP contribution in [-0.2, 0) is 9.47 Å². The van der Waals surface area contributed by atoms with Crippen molar-refractivity contribution < 1.29 is 9.47 Å². The highest BCUT2D eigenvalue weighted by Crippen LogP contribution is 2.25. The van der Waals surface area contributed by atoms with Crippen molar-refractivity contribution in [2.45, 2.75) is 103 Å². The van der Waals surface area contributed by atoms with Gasteiger partial charge >= 0.3 is 0 Å². The van der Waals surface area contributed by atoms with Crippen molar-refractivity contribution in [2.75, 3.05) is 6.61 Å². The fourth-order valence-corrected chi connectivity index (χ4v) is 2.73. The zero-order valence-electron chi connectivity index (χ0n) is 13.4. The Morgan fingerprint density at radius 2 is 1.68 bits per heavy atom. The maximum Gasteiger partial charge on any atom is 0.158 e. The molecule has 1 unspecified atom stereocenters. The van der Waals surface area contributed by atoms with E-state index in [1.807, 2.05) is 0 Å². The predicted molar refractivity (Wildman–Crippen MR) is 81.4 cm³/mol. The molecular weight excluding hydrogens is 236 g/mol. The quantitative estimate of drug-likeness (QED) is 0.491. The molecule has 1 saturated heterocycles. The van der Waals surface area contributed by atoms with Gasteiger partial charge in [-0.05, 0) is 39.5 Å². The maximum atomic E-state index is 6.10. The van der Waals surface area contributed by atoms with Crippen molar-refractivity contribution >= 4 is 0 Å². The monoisotopic (exact) mass is 270 g/mol. The fraction of sp³-hybridized carbons (Fsp3) is 1.00. The van der Waals surface area contributed by atoms with Gasteiger partial charge < -0.3 is 9.47 Å². The van der Waals surface area contributed by atoms with E-state index in [1.54, 1.807) is 0 Å². The molecule has 0 aliphatic carbocycles. The molecule has 1 aliphatic heterocycles. The van der Waals surface area contributed by atoms with Gasteiger partial charge in [0.1, 0.15) is 0 Å². The predicted octanol–water partition coefficient (Wildman–Crippen LogP) is 5.45.